The second-order valence-corrected chi connectivity index (χ2v) is 11.4. The van der Waals surface area contributed by atoms with Crippen molar-refractivity contribution in [1.29, 1.82) is 0 Å². The molecule has 1 amide bonds. The maximum absolute atomic E-state index is 12.3. The lowest BCUT2D eigenvalue weighted by atomic mass is 9.96. The summed E-state index contributed by atoms with van der Waals surface area (Å²) in [6.45, 7) is 11.2. The van der Waals surface area contributed by atoms with Crippen LogP contribution in [-0.4, -0.2) is 93.8 Å². The van der Waals surface area contributed by atoms with Crippen LogP contribution in [0.2, 0.25) is 5.15 Å². The Bertz CT molecular complexity index is 1120. The van der Waals surface area contributed by atoms with Crippen LogP contribution in [0.15, 0.2) is 24.3 Å². The number of piperidine rings is 1. The number of anilines is 2. The first-order chi connectivity index (χ1) is 18.6. The fourth-order valence-electron chi connectivity index (χ4n) is 5.63. The van der Waals surface area contributed by atoms with E-state index < -0.39 is 11.5 Å². The van der Waals surface area contributed by atoms with Crippen LogP contribution in [0.4, 0.5) is 11.6 Å². The van der Waals surface area contributed by atoms with E-state index in [1.807, 2.05) is 26.0 Å². The molecule has 0 spiro atoms. The molecule has 2 aliphatic rings. The van der Waals surface area contributed by atoms with Crippen molar-refractivity contribution in [1.82, 2.24) is 25.1 Å². The number of piperazine rings is 1. The van der Waals surface area contributed by atoms with Gasteiger partial charge in [-0.25, -0.2) is 9.97 Å². The first-order valence-corrected chi connectivity index (χ1v) is 14.2. The van der Waals surface area contributed by atoms with Gasteiger partial charge in [-0.3, -0.25) is 14.6 Å². The van der Waals surface area contributed by atoms with E-state index in [1.54, 1.807) is 0 Å². The molecule has 10 nitrogen and oxygen atoms in total. The second kappa shape index (κ2) is 12.8. The molecule has 1 aromatic carbocycles. The van der Waals surface area contributed by atoms with Gasteiger partial charge in [0.05, 0.1) is 12.2 Å². The molecule has 39 heavy (non-hydrogen) atoms. The number of hydrogen-bond donors (Lipinski definition) is 4. The van der Waals surface area contributed by atoms with Gasteiger partial charge in [0.15, 0.2) is 22.5 Å². The molecule has 11 heteroatoms. The van der Waals surface area contributed by atoms with Gasteiger partial charge >= 0.3 is 0 Å². The Morgan fingerprint density at radius 3 is 2.46 bits per heavy atom. The van der Waals surface area contributed by atoms with Crippen LogP contribution in [0.1, 0.15) is 61.6 Å². The molecule has 2 saturated heterocycles. The van der Waals surface area contributed by atoms with Gasteiger partial charge in [-0.05, 0) is 57.3 Å². The average molecular weight is 560 g/mol. The van der Waals surface area contributed by atoms with Gasteiger partial charge in [-0.15, -0.1) is 0 Å². The number of nitrogens with zero attached hydrogens (tertiary/aromatic N) is 5. The molecular formula is C28H42ClN7O3. The molecule has 0 aliphatic carbocycles. The molecule has 214 valence electrons. The van der Waals surface area contributed by atoms with Crippen LogP contribution < -0.4 is 16.0 Å². The summed E-state index contributed by atoms with van der Waals surface area (Å²) in [5.74, 6) is 0.0371. The molecule has 0 bridgehead atoms. The van der Waals surface area contributed by atoms with Crippen molar-refractivity contribution in [3.05, 3.63) is 46.2 Å². The normalized spacial score (nSPS) is 19.8. The molecule has 0 unspecified atom stereocenters. The summed E-state index contributed by atoms with van der Waals surface area (Å²) in [6, 6.07) is 9.20. The van der Waals surface area contributed by atoms with Gasteiger partial charge in [0.1, 0.15) is 0 Å². The molecule has 5 N–H and O–H groups in total. The second-order valence-electron chi connectivity index (χ2n) is 11.1. The highest BCUT2D eigenvalue weighted by Gasteiger charge is 2.34. The summed E-state index contributed by atoms with van der Waals surface area (Å²) in [7, 11) is 0. The monoisotopic (exact) mass is 559 g/mol. The summed E-state index contributed by atoms with van der Waals surface area (Å²) in [6.07, 6.45) is 3.26. The van der Waals surface area contributed by atoms with Crippen LogP contribution in [0, 0.1) is 0 Å². The van der Waals surface area contributed by atoms with Gasteiger partial charge in [0.2, 0.25) is 0 Å². The predicted octanol–water partition coefficient (Wildman–Crippen LogP) is 2.23. The number of halogens is 1. The topological polar surface area (TPSA) is 131 Å². The number of aromatic nitrogens is 2. The number of likely N-dealkylation sites (tertiary alicyclic amines) is 1. The SMILES string of the molecule is CC[C@H]1CN(c2nc(N)c(C(=O)NCCO)nc2Cl)CCN1C1CCN(Cc2ccc(C(C)(C)O)cc2)CC1. The zero-order valence-corrected chi connectivity index (χ0v) is 24.0. The number of nitrogens with two attached hydrogens (primary N) is 1. The van der Waals surface area contributed by atoms with E-state index >= 15 is 0 Å². The van der Waals surface area contributed by atoms with Crippen molar-refractivity contribution >= 4 is 29.1 Å². The summed E-state index contributed by atoms with van der Waals surface area (Å²) in [5, 5.41) is 21.8. The number of nitrogens with one attached hydrogen (secondary N) is 1. The van der Waals surface area contributed by atoms with E-state index in [0.717, 1.165) is 64.1 Å². The van der Waals surface area contributed by atoms with Gasteiger partial charge in [-0.1, -0.05) is 42.8 Å². The Labute approximate surface area is 236 Å². The van der Waals surface area contributed by atoms with E-state index in [9.17, 15) is 9.90 Å². The summed E-state index contributed by atoms with van der Waals surface area (Å²) >= 11 is 6.47. The number of amides is 1. The fourth-order valence-corrected chi connectivity index (χ4v) is 5.88. The largest absolute Gasteiger partial charge is 0.395 e. The number of hydrogen-bond acceptors (Lipinski definition) is 9. The third kappa shape index (κ3) is 7.18. The lowest BCUT2D eigenvalue weighted by Gasteiger charge is -2.47. The highest BCUT2D eigenvalue weighted by Crippen LogP contribution is 2.30. The fraction of sp³-hybridized carbons (Fsp3) is 0.607. The molecule has 3 heterocycles. The Kier molecular flexibility index (Phi) is 9.66. The quantitative estimate of drug-likeness (QED) is 0.365. The lowest BCUT2D eigenvalue weighted by Crippen LogP contribution is -2.58. The number of aliphatic hydroxyl groups excluding tert-OH is 1. The highest BCUT2D eigenvalue weighted by atomic mass is 35.5. The number of aliphatic hydroxyl groups is 2. The molecule has 1 aromatic heterocycles. The summed E-state index contributed by atoms with van der Waals surface area (Å²) in [4.78, 5) is 28.2. The van der Waals surface area contributed by atoms with Gasteiger partial charge in [0.25, 0.3) is 5.91 Å². The van der Waals surface area contributed by atoms with Crippen molar-refractivity contribution in [3.63, 3.8) is 0 Å². The first-order valence-electron chi connectivity index (χ1n) is 13.9. The molecular weight excluding hydrogens is 518 g/mol. The van der Waals surface area contributed by atoms with Crippen LogP contribution in [0.25, 0.3) is 0 Å². The number of nitrogen functional groups attached to an aromatic ring is 1. The van der Waals surface area contributed by atoms with Crippen LogP contribution in [-0.2, 0) is 12.1 Å². The average Bonchev–Trinajstić information content (AvgIpc) is 2.92. The van der Waals surface area contributed by atoms with Gasteiger partial charge in [0, 0.05) is 44.8 Å². The molecule has 1 atom stereocenters. The number of rotatable bonds is 9. The minimum absolute atomic E-state index is 0.0252. The van der Waals surface area contributed by atoms with Crippen LogP contribution in [0.5, 0.6) is 0 Å². The predicted molar refractivity (Wildman–Crippen MR) is 154 cm³/mol. The third-order valence-electron chi connectivity index (χ3n) is 7.87. The Hall–Kier alpha value is -2.50. The lowest BCUT2D eigenvalue weighted by molar-refractivity contribution is 0.0610. The Morgan fingerprint density at radius 1 is 1.15 bits per heavy atom. The smallest absolute Gasteiger partial charge is 0.273 e. The Balaban J connectivity index is 1.33. The molecule has 2 aromatic rings. The summed E-state index contributed by atoms with van der Waals surface area (Å²) in [5.41, 5.74) is 7.43. The van der Waals surface area contributed by atoms with Crippen molar-refractivity contribution in [2.45, 2.75) is 64.3 Å². The molecule has 0 radical (unpaired) electrons. The number of carbonyl (C=O) groups is 1. The zero-order valence-electron chi connectivity index (χ0n) is 23.2. The van der Waals surface area contributed by atoms with E-state index in [-0.39, 0.29) is 29.8 Å². The van der Waals surface area contributed by atoms with Crippen molar-refractivity contribution in [2.75, 3.05) is 56.5 Å². The van der Waals surface area contributed by atoms with E-state index in [1.165, 1.54) is 5.56 Å². The van der Waals surface area contributed by atoms with Crippen molar-refractivity contribution in [2.24, 2.45) is 0 Å². The molecule has 4 rings (SSSR count). The van der Waals surface area contributed by atoms with E-state index in [2.05, 4.69) is 49.0 Å². The molecule has 2 aliphatic heterocycles. The summed E-state index contributed by atoms with van der Waals surface area (Å²) < 4.78 is 0. The van der Waals surface area contributed by atoms with Gasteiger partial charge < -0.3 is 26.2 Å². The maximum Gasteiger partial charge on any atom is 0.273 e. The maximum atomic E-state index is 12.3. The van der Waals surface area contributed by atoms with E-state index in [0.29, 0.717) is 17.9 Å². The number of carbonyl (C=O) groups excluding carboxylic acids is 1. The minimum Gasteiger partial charge on any atom is -0.395 e. The minimum atomic E-state index is -0.818. The molecule has 0 saturated carbocycles. The van der Waals surface area contributed by atoms with Gasteiger partial charge in [-0.2, -0.15) is 0 Å². The highest BCUT2D eigenvalue weighted by molar-refractivity contribution is 6.32. The molecule has 2 fully saturated rings. The zero-order chi connectivity index (χ0) is 28.2. The first kappa shape index (κ1) is 29.5. The third-order valence-corrected chi connectivity index (χ3v) is 8.12. The van der Waals surface area contributed by atoms with Crippen molar-refractivity contribution < 1.29 is 15.0 Å². The van der Waals surface area contributed by atoms with Crippen molar-refractivity contribution in [3.8, 4) is 0 Å². The van der Waals surface area contributed by atoms with Crippen LogP contribution in [0.3, 0.4) is 0 Å². The Morgan fingerprint density at radius 2 is 1.85 bits per heavy atom. The standard InChI is InChI=1S/C28H42ClN7O3/c1-4-21-18-35(26-24(29)32-23(25(30)33-26)27(38)31-11-16-37)14-15-36(21)22-9-12-34(13-10-22)17-19-5-7-20(8-6-19)28(2,3)39/h5-8,21-22,37,39H,4,9-18H2,1-3H3,(H2,30,33)(H,31,38)/t21-/m0/s1. The van der Waals surface area contributed by atoms with E-state index in [4.69, 9.17) is 22.4 Å². The number of benzene rings is 1. The van der Waals surface area contributed by atoms with Crippen LogP contribution >= 0.6 is 11.6 Å².